The molecule has 0 aliphatic carbocycles. The minimum absolute atomic E-state index is 0.0174. The van der Waals surface area contributed by atoms with Crippen LogP contribution in [0.4, 0.5) is 15.8 Å². The number of cyclic esters (lactones) is 1. The Labute approximate surface area is 229 Å². The van der Waals surface area contributed by atoms with Crippen molar-refractivity contribution in [1.29, 1.82) is 0 Å². The van der Waals surface area contributed by atoms with E-state index in [1.165, 1.54) is 12.3 Å². The summed E-state index contributed by atoms with van der Waals surface area (Å²) in [6.07, 6.45) is 2.28. The molecule has 1 aromatic heterocycles. The van der Waals surface area contributed by atoms with Gasteiger partial charge in [-0.3, -0.25) is 14.6 Å². The van der Waals surface area contributed by atoms with E-state index < -0.39 is 17.8 Å². The molecule has 9 nitrogen and oxygen atoms in total. The van der Waals surface area contributed by atoms with Crippen LogP contribution in [0.5, 0.6) is 5.75 Å². The monoisotopic (exact) mass is 540 g/mol. The molecular weight excluding hydrogens is 515 g/mol. The Kier molecular flexibility index (Phi) is 7.79. The zero-order chi connectivity index (χ0) is 28.1. The lowest BCUT2D eigenvalue weighted by atomic mass is 9.95. The van der Waals surface area contributed by atoms with Crippen molar-refractivity contribution >= 4 is 29.2 Å². The second kappa shape index (κ2) is 11.7. The predicted molar refractivity (Wildman–Crippen MR) is 146 cm³/mol. The number of anilines is 2. The molecule has 0 radical (unpaired) electrons. The molecule has 2 amide bonds. The number of carbonyl (C=O) groups is 3. The van der Waals surface area contributed by atoms with Crippen LogP contribution in [-0.2, 0) is 16.1 Å². The molecule has 2 heterocycles. The second-order valence-electron chi connectivity index (χ2n) is 9.01. The maximum atomic E-state index is 14.0. The highest BCUT2D eigenvalue weighted by atomic mass is 19.1. The van der Waals surface area contributed by atoms with Gasteiger partial charge >= 0.3 is 5.97 Å². The molecule has 4 aromatic rings. The number of aromatic nitrogens is 1. The van der Waals surface area contributed by atoms with Crippen LogP contribution in [0.3, 0.4) is 0 Å². The third kappa shape index (κ3) is 5.97. The number of nitrogens with two attached hydrogens (primary N) is 1. The highest BCUT2D eigenvalue weighted by Crippen LogP contribution is 2.27. The number of ether oxygens (including phenoxy) is 2. The molecule has 1 atom stereocenters. The minimum Gasteiger partial charge on any atom is -0.479 e. The van der Waals surface area contributed by atoms with Crippen LogP contribution in [-0.4, -0.2) is 35.5 Å². The Morgan fingerprint density at radius 3 is 2.50 bits per heavy atom. The number of pyridine rings is 1. The number of benzene rings is 3. The van der Waals surface area contributed by atoms with Crippen LogP contribution >= 0.6 is 0 Å². The van der Waals surface area contributed by atoms with E-state index in [-0.39, 0.29) is 24.1 Å². The van der Waals surface area contributed by atoms with Crippen molar-refractivity contribution in [3.63, 3.8) is 0 Å². The van der Waals surface area contributed by atoms with Gasteiger partial charge in [-0.15, -0.1) is 0 Å². The molecule has 1 aliphatic rings. The zero-order valence-electron chi connectivity index (χ0n) is 21.2. The van der Waals surface area contributed by atoms with Gasteiger partial charge in [0.25, 0.3) is 11.8 Å². The van der Waals surface area contributed by atoms with E-state index in [0.29, 0.717) is 46.7 Å². The first-order chi connectivity index (χ1) is 19.4. The van der Waals surface area contributed by atoms with Crippen molar-refractivity contribution in [2.45, 2.75) is 19.1 Å². The molecule has 202 valence electrons. The number of hydrogen-bond donors (Lipinski definition) is 3. The fraction of sp³-hybridized carbons (Fsp3) is 0.133. The second-order valence-corrected chi connectivity index (χ2v) is 9.01. The zero-order valence-corrected chi connectivity index (χ0v) is 21.2. The predicted octanol–water partition coefficient (Wildman–Crippen LogP) is 4.55. The van der Waals surface area contributed by atoms with E-state index in [2.05, 4.69) is 15.6 Å². The summed E-state index contributed by atoms with van der Waals surface area (Å²) in [6.45, 7) is 0.548. The van der Waals surface area contributed by atoms with Crippen LogP contribution in [0.25, 0.3) is 11.1 Å². The summed E-state index contributed by atoms with van der Waals surface area (Å²) in [5.74, 6) is -1.38. The highest BCUT2D eigenvalue weighted by molar-refractivity contribution is 6.06. The summed E-state index contributed by atoms with van der Waals surface area (Å²) < 4.78 is 24.5. The van der Waals surface area contributed by atoms with Crippen molar-refractivity contribution in [2.75, 3.05) is 17.2 Å². The number of nitrogens with one attached hydrogen (secondary N) is 2. The average Bonchev–Trinajstić information content (AvgIpc) is 3.38. The molecule has 3 aromatic carbocycles. The normalized spacial score (nSPS) is 14.3. The molecule has 1 saturated heterocycles. The van der Waals surface area contributed by atoms with Crippen LogP contribution in [0.1, 0.15) is 32.7 Å². The number of hydrogen-bond acceptors (Lipinski definition) is 7. The van der Waals surface area contributed by atoms with Gasteiger partial charge in [0.15, 0.2) is 11.9 Å². The van der Waals surface area contributed by atoms with Crippen LogP contribution in [0, 0.1) is 5.82 Å². The molecule has 5 rings (SSSR count). The maximum Gasteiger partial charge on any atom is 0.347 e. The lowest BCUT2D eigenvalue weighted by molar-refractivity contribution is -0.143. The van der Waals surface area contributed by atoms with E-state index in [1.807, 2.05) is 6.07 Å². The maximum absolute atomic E-state index is 14.0. The van der Waals surface area contributed by atoms with E-state index in [9.17, 15) is 18.8 Å². The topological polar surface area (TPSA) is 133 Å². The Morgan fingerprint density at radius 2 is 1.77 bits per heavy atom. The smallest absolute Gasteiger partial charge is 0.347 e. The van der Waals surface area contributed by atoms with Crippen LogP contribution in [0.2, 0.25) is 0 Å². The van der Waals surface area contributed by atoms with Crippen molar-refractivity contribution in [1.82, 2.24) is 4.98 Å². The van der Waals surface area contributed by atoms with E-state index in [1.54, 1.807) is 60.7 Å². The molecular formula is C30H25FN4O5. The average molecular weight is 541 g/mol. The number of nitrogens with zero attached hydrogens (tertiary/aromatic N) is 1. The first-order valence-corrected chi connectivity index (χ1v) is 12.5. The SMILES string of the molecule is NCc1ccc(C(=O)Nc2ccncc2F)cc1-c1cccc(C(=O)Nc2ccc(OC3CCOC3=O)cc2)c1. The van der Waals surface area contributed by atoms with Gasteiger partial charge in [0.1, 0.15) is 5.75 Å². The summed E-state index contributed by atoms with van der Waals surface area (Å²) in [5, 5.41) is 5.39. The van der Waals surface area contributed by atoms with E-state index >= 15 is 0 Å². The van der Waals surface area contributed by atoms with Gasteiger partial charge in [0.2, 0.25) is 0 Å². The van der Waals surface area contributed by atoms with Gasteiger partial charge in [-0.05, 0) is 71.3 Å². The third-order valence-electron chi connectivity index (χ3n) is 6.33. The lowest BCUT2D eigenvalue weighted by Gasteiger charge is -2.13. The summed E-state index contributed by atoms with van der Waals surface area (Å²) in [6, 6.07) is 20.0. The van der Waals surface area contributed by atoms with Gasteiger partial charge in [0.05, 0.1) is 18.5 Å². The molecule has 1 fully saturated rings. The number of esters is 1. The van der Waals surface area contributed by atoms with Gasteiger partial charge in [0, 0.05) is 36.0 Å². The minimum atomic E-state index is -0.644. The fourth-order valence-corrected chi connectivity index (χ4v) is 4.23. The van der Waals surface area contributed by atoms with Crippen LogP contribution < -0.4 is 21.1 Å². The standard InChI is InChI=1S/C30H25FN4O5/c31-25-17-33-12-10-26(25)35-29(37)20-4-5-21(16-32)24(15-20)18-2-1-3-19(14-18)28(36)34-22-6-8-23(9-7-22)40-27-11-13-39-30(27)38/h1-10,12,14-15,17,27H,11,13,16,32H2,(H,34,36)(H,33,35,37). The molecule has 10 heteroatoms. The van der Waals surface area contributed by atoms with Gasteiger partial charge in [-0.25, -0.2) is 9.18 Å². The first kappa shape index (κ1) is 26.5. The summed E-state index contributed by atoms with van der Waals surface area (Å²) in [4.78, 5) is 41.2. The highest BCUT2D eigenvalue weighted by Gasteiger charge is 2.28. The summed E-state index contributed by atoms with van der Waals surface area (Å²) in [5.41, 5.74) is 9.33. The summed E-state index contributed by atoms with van der Waals surface area (Å²) >= 11 is 0. The largest absolute Gasteiger partial charge is 0.479 e. The van der Waals surface area contributed by atoms with Crippen molar-refractivity contribution < 1.29 is 28.2 Å². The molecule has 0 saturated carbocycles. The van der Waals surface area contributed by atoms with Crippen molar-refractivity contribution in [3.8, 4) is 16.9 Å². The molecule has 0 bridgehead atoms. The number of carbonyl (C=O) groups excluding carboxylic acids is 3. The van der Waals surface area contributed by atoms with E-state index in [4.69, 9.17) is 15.2 Å². The Hall–Kier alpha value is -5.09. The fourth-order valence-electron chi connectivity index (χ4n) is 4.23. The molecule has 40 heavy (non-hydrogen) atoms. The van der Waals surface area contributed by atoms with Gasteiger partial charge in [-0.2, -0.15) is 0 Å². The summed E-state index contributed by atoms with van der Waals surface area (Å²) in [7, 11) is 0. The molecule has 4 N–H and O–H groups in total. The van der Waals surface area contributed by atoms with E-state index in [0.717, 1.165) is 11.8 Å². The third-order valence-corrected chi connectivity index (χ3v) is 6.33. The molecule has 0 spiro atoms. The molecule has 1 unspecified atom stereocenters. The van der Waals surface area contributed by atoms with Gasteiger partial charge in [-0.1, -0.05) is 18.2 Å². The van der Waals surface area contributed by atoms with Crippen molar-refractivity contribution in [2.24, 2.45) is 5.73 Å². The quantitative estimate of drug-likeness (QED) is 0.279. The Bertz CT molecular complexity index is 1570. The number of amides is 2. The lowest BCUT2D eigenvalue weighted by Crippen LogP contribution is -2.21. The number of rotatable bonds is 8. The van der Waals surface area contributed by atoms with Crippen molar-refractivity contribution in [3.05, 3.63) is 108 Å². The number of halogens is 1. The molecule has 1 aliphatic heterocycles. The Balaban J connectivity index is 1.32. The van der Waals surface area contributed by atoms with Crippen LogP contribution in [0.15, 0.2) is 85.2 Å². The van der Waals surface area contributed by atoms with Gasteiger partial charge < -0.3 is 25.8 Å². The first-order valence-electron chi connectivity index (χ1n) is 12.5. The Morgan fingerprint density at radius 1 is 1.00 bits per heavy atom.